The Morgan fingerprint density at radius 1 is 1.03 bits per heavy atom. The topological polar surface area (TPSA) is 147 Å². The van der Waals surface area contributed by atoms with Crippen LogP contribution >= 0.6 is 22.7 Å². The predicted molar refractivity (Wildman–Crippen MR) is 131 cm³/mol. The highest BCUT2D eigenvalue weighted by Gasteiger charge is 2.25. The molecule has 0 fully saturated rings. The lowest BCUT2D eigenvalue weighted by molar-refractivity contribution is -0.146. The van der Waals surface area contributed by atoms with Crippen molar-refractivity contribution in [2.45, 2.75) is 18.5 Å². The summed E-state index contributed by atoms with van der Waals surface area (Å²) in [5.41, 5.74) is 0.992. The number of thiazole rings is 1. The van der Waals surface area contributed by atoms with Crippen molar-refractivity contribution in [3.05, 3.63) is 64.5 Å². The lowest BCUT2D eigenvalue weighted by Gasteiger charge is -2.19. The summed E-state index contributed by atoms with van der Waals surface area (Å²) < 4.78 is 4.49. The molecule has 3 rings (SSSR count). The number of carbonyl (C=O) groups is 4. The predicted octanol–water partition coefficient (Wildman–Crippen LogP) is 0.979. The normalized spacial score (nSPS) is 12.3. The van der Waals surface area contributed by atoms with Crippen molar-refractivity contribution < 1.29 is 29.0 Å². The Labute approximate surface area is 209 Å². The van der Waals surface area contributed by atoms with Crippen LogP contribution in [-0.2, 0) is 25.5 Å². The van der Waals surface area contributed by atoms with E-state index in [4.69, 9.17) is 0 Å². The van der Waals surface area contributed by atoms with Crippen molar-refractivity contribution in [3.63, 3.8) is 0 Å². The van der Waals surface area contributed by atoms with Crippen LogP contribution in [0.25, 0.3) is 9.88 Å². The molecule has 3 aromatic rings. The van der Waals surface area contributed by atoms with E-state index in [0.29, 0.717) is 5.01 Å². The van der Waals surface area contributed by atoms with Gasteiger partial charge in [0, 0.05) is 11.8 Å². The van der Waals surface area contributed by atoms with Gasteiger partial charge in [-0.2, -0.15) is 0 Å². The second-order valence-corrected chi connectivity index (χ2v) is 9.08. The maximum absolute atomic E-state index is 12.9. The largest absolute Gasteiger partial charge is 0.467 e. The molecule has 184 valence electrons. The molecule has 2 heterocycles. The zero-order chi connectivity index (χ0) is 25.2. The minimum Gasteiger partial charge on any atom is -0.467 e. The van der Waals surface area contributed by atoms with Crippen molar-refractivity contribution in [3.8, 4) is 9.88 Å². The Balaban J connectivity index is 1.66. The molecule has 4 N–H and O–H groups in total. The maximum atomic E-state index is 12.9. The van der Waals surface area contributed by atoms with Crippen LogP contribution in [0, 0.1) is 0 Å². The summed E-state index contributed by atoms with van der Waals surface area (Å²) in [6.45, 7) is -1.12. The van der Waals surface area contributed by atoms with E-state index >= 15 is 0 Å². The Morgan fingerprint density at radius 2 is 1.80 bits per heavy atom. The molecule has 2 aromatic heterocycles. The number of ether oxygens (including phenoxy) is 1. The average molecular weight is 517 g/mol. The zero-order valence-electron chi connectivity index (χ0n) is 18.7. The van der Waals surface area contributed by atoms with Gasteiger partial charge in [-0.15, -0.1) is 22.7 Å². The van der Waals surface area contributed by atoms with Crippen molar-refractivity contribution in [2.24, 2.45) is 0 Å². The average Bonchev–Trinajstić information content (AvgIpc) is 3.58. The van der Waals surface area contributed by atoms with Gasteiger partial charge >= 0.3 is 5.97 Å². The van der Waals surface area contributed by atoms with Gasteiger partial charge in [0.25, 0.3) is 5.91 Å². The van der Waals surface area contributed by atoms with Crippen LogP contribution in [0.3, 0.4) is 0 Å². The number of aromatic nitrogens is 1. The number of hydrogen-bond donors (Lipinski definition) is 4. The number of carbonyl (C=O) groups excluding carboxylic acids is 4. The second-order valence-electron chi connectivity index (χ2n) is 7.27. The highest BCUT2D eigenvalue weighted by molar-refractivity contribution is 7.20. The number of nitrogens with one attached hydrogen (secondary N) is 3. The number of methoxy groups -OCH3 is 1. The molecule has 0 aliphatic rings. The molecule has 2 atom stereocenters. The Morgan fingerprint density at radius 3 is 2.46 bits per heavy atom. The summed E-state index contributed by atoms with van der Waals surface area (Å²) in [5.74, 6) is -2.63. The standard InChI is InChI=1S/C23H24N4O6S2/c1-33-23(32)16(12-28)25-19(29)11-24-20(30)15(10-14-6-3-2-4-7-14)26-21(31)17-13-35-22(27-17)18-8-5-9-34-18/h2-9,13,15-16,28H,10-12H2,1H3,(H,24,30)(H,25,29)(H,26,31)/t15-,16-/m0/s1. The third kappa shape index (κ3) is 7.44. The van der Waals surface area contributed by atoms with E-state index < -0.39 is 48.9 Å². The SMILES string of the molecule is COC(=O)[C@H](CO)NC(=O)CNC(=O)[C@H](Cc1ccccc1)NC(=O)c1csc(-c2cccs2)n1. The van der Waals surface area contributed by atoms with Crippen LogP contribution in [0.1, 0.15) is 16.1 Å². The summed E-state index contributed by atoms with van der Waals surface area (Å²) in [6.07, 6.45) is 0.184. The number of esters is 1. The van der Waals surface area contributed by atoms with Gasteiger partial charge in [-0.25, -0.2) is 9.78 Å². The fraction of sp³-hybridized carbons (Fsp3) is 0.261. The molecule has 0 spiro atoms. The van der Waals surface area contributed by atoms with E-state index in [9.17, 15) is 24.3 Å². The summed E-state index contributed by atoms with van der Waals surface area (Å²) in [7, 11) is 1.13. The number of aliphatic hydroxyl groups is 1. The first-order valence-electron chi connectivity index (χ1n) is 10.5. The Kier molecular flexibility index (Phi) is 9.47. The molecule has 12 heteroatoms. The van der Waals surface area contributed by atoms with Gasteiger partial charge in [0.05, 0.1) is 25.1 Å². The molecule has 1 aromatic carbocycles. The number of amides is 3. The Bertz CT molecular complexity index is 1150. The van der Waals surface area contributed by atoms with E-state index in [0.717, 1.165) is 17.6 Å². The fourth-order valence-corrected chi connectivity index (χ4v) is 4.65. The summed E-state index contributed by atoms with van der Waals surface area (Å²) >= 11 is 2.84. The first-order valence-corrected chi connectivity index (χ1v) is 12.3. The molecular formula is C23H24N4O6S2. The molecule has 0 saturated heterocycles. The second kappa shape index (κ2) is 12.7. The van der Waals surface area contributed by atoms with E-state index in [1.165, 1.54) is 22.7 Å². The minimum absolute atomic E-state index is 0.184. The maximum Gasteiger partial charge on any atom is 0.330 e. The molecule has 0 aliphatic heterocycles. The number of aliphatic hydroxyl groups excluding tert-OH is 1. The van der Waals surface area contributed by atoms with Gasteiger partial charge in [-0.3, -0.25) is 14.4 Å². The van der Waals surface area contributed by atoms with Gasteiger partial charge in [0.15, 0.2) is 6.04 Å². The summed E-state index contributed by atoms with van der Waals surface area (Å²) in [4.78, 5) is 54.7. The molecule has 0 bridgehead atoms. The van der Waals surface area contributed by atoms with Crippen molar-refractivity contribution in [1.82, 2.24) is 20.9 Å². The molecular weight excluding hydrogens is 492 g/mol. The lowest BCUT2D eigenvalue weighted by Crippen LogP contribution is -2.52. The van der Waals surface area contributed by atoms with Crippen LogP contribution < -0.4 is 16.0 Å². The van der Waals surface area contributed by atoms with E-state index in [2.05, 4.69) is 25.7 Å². The number of hydrogen-bond acceptors (Lipinski definition) is 9. The van der Waals surface area contributed by atoms with Gasteiger partial charge < -0.3 is 25.8 Å². The number of nitrogens with zero attached hydrogens (tertiary/aromatic N) is 1. The third-order valence-electron chi connectivity index (χ3n) is 4.80. The van der Waals surface area contributed by atoms with Crippen molar-refractivity contribution in [1.29, 1.82) is 0 Å². The summed E-state index contributed by atoms with van der Waals surface area (Å²) in [6, 6.07) is 10.7. The zero-order valence-corrected chi connectivity index (χ0v) is 20.4. The van der Waals surface area contributed by atoms with E-state index in [1.807, 2.05) is 47.8 Å². The van der Waals surface area contributed by atoms with Crippen LogP contribution in [0.2, 0.25) is 0 Å². The van der Waals surface area contributed by atoms with Gasteiger partial charge in [0.1, 0.15) is 16.7 Å². The molecule has 0 aliphatic carbocycles. The molecule has 0 radical (unpaired) electrons. The van der Waals surface area contributed by atoms with Crippen molar-refractivity contribution in [2.75, 3.05) is 20.3 Å². The summed E-state index contributed by atoms with van der Waals surface area (Å²) in [5, 5.41) is 20.9. The monoisotopic (exact) mass is 516 g/mol. The van der Waals surface area contributed by atoms with Crippen LogP contribution in [0.5, 0.6) is 0 Å². The Hall–Kier alpha value is -3.61. The molecule has 3 amide bonds. The highest BCUT2D eigenvalue weighted by Crippen LogP contribution is 2.27. The van der Waals surface area contributed by atoms with Crippen LogP contribution in [-0.4, -0.2) is 66.1 Å². The minimum atomic E-state index is -1.24. The van der Waals surface area contributed by atoms with E-state index in [-0.39, 0.29) is 12.1 Å². The van der Waals surface area contributed by atoms with Crippen molar-refractivity contribution >= 4 is 46.4 Å². The van der Waals surface area contributed by atoms with Gasteiger partial charge in [-0.1, -0.05) is 36.4 Å². The first kappa shape index (κ1) is 26.0. The van der Waals surface area contributed by atoms with Gasteiger partial charge in [-0.05, 0) is 17.0 Å². The molecule has 10 nitrogen and oxygen atoms in total. The first-order chi connectivity index (χ1) is 16.9. The van der Waals surface area contributed by atoms with E-state index in [1.54, 1.807) is 5.38 Å². The van der Waals surface area contributed by atoms with Crippen LogP contribution in [0.15, 0.2) is 53.2 Å². The number of thiophene rings is 1. The fourth-order valence-electron chi connectivity index (χ4n) is 3.04. The van der Waals surface area contributed by atoms with Gasteiger partial charge in [0.2, 0.25) is 11.8 Å². The quantitative estimate of drug-likeness (QED) is 0.278. The lowest BCUT2D eigenvalue weighted by atomic mass is 10.1. The molecule has 0 saturated carbocycles. The smallest absolute Gasteiger partial charge is 0.330 e. The highest BCUT2D eigenvalue weighted by atomic mass is 32.1. The molecule has 0 unspecified atom stereocenters. The third-order valence-corrected chi connectivity index (χ3v) is 6.68. The molecule has 35 heavy (non-hydrogen) atoms. The number of rotatable bonds is 11. The number of benzene rings is 1. The van der Waals surface area contributed by atoms with Crippen LogP contribution in [0.4, 0.5) is 0 Å².